The third-order valence-electron chi connectivity index (χ3n) is 12.6. The molecule has 0 radical (unpaired) electrons. The minimum Gasteiger partial charge on any atom is -0.369 e. The summed E-state index contributed by atoms with van der Waals surface area (Å²) in [5.74, 6) is 1.14. The average molecular weight is 926 g/mol. The van der Waals surface area contributed by atoms with Crippen LogP contribution in [-0.4, -0.2) is 90.8 Å². The molecule has 9 rings (SSSR count). The molecule has 1 spiro atoms. The average Bonchev–Trinajstić information content (AvgIpc) is 3.73. The Hall–Kier alpha value is -6.92. The number of fused-ring (bicyclic) bond motifs is 2. The maximum absolute atomic E-state index is 14.7. The monoisotopic (exact) mass is 925 g/mol. The van der Waals surface area contributed by atoms with Gasteiger partial charge in [-0.1, -0.05) is 36.4 Å². The van der Waals surface area contributed by atoms with Crippen LogP contribution in [0.3, 0.4) is 0 Å². The molecule has 0 aliphatic carbocycles. The molecule has 4 aromatic heterocycles. The number of nitrogens with one attached hydrogen (secondary N) is 2. The third-order valence-corrected chi connectivity index (χ3v) is 12.6. The lowest BCUT2D eigenvalue weighted by Crippen LogP contribution is -2.72. The fourth-order valence-electron chi connectivity index (χ4n) is 9.00. The highest BCUT2D eigenvalue weighted by Crippen LogP contribution is 2.43. The molecule has 2 N–H and O–H groups in total. The van der Waals surface area contributed by atoms with Crippen molar-refractivity contribution < 1.29 is 35.9 Å². The molecule has 2 saturated heterocycles. The lowest BCUT2D eigenvalue weighted by molar-refractivity contribution is -0.142. The Morgan fingerprint density at radius 3 is 1.87 bits per heavy atom. The molecule has 2 atom stereocenters. The molecular formula is C48H49F6N11O2. The number of carbonyl (C=O) groups is 2. The summed E-state index contributed by atoms with van der Waals surface area (Å²) >= 11 is 0. The maximum atomic E-state index is 14.7. The Bertz CT molecular complexity index is 2930. The number of aromatic nitrogens is 6. The standard InChI is InChI=1S/C24H25F3N6O.C24H24F3N5O/c1-13(17-5-4-6-18(20(17)25)21(26)27)29-23-19-7-16(8-28-22(19)30-14(2)31-23)33-11-24(12-33)9-32(10-24)15(3)34;1-13-19(6-5-7-21(13)24(25,26)27)14(2)29-23-20-10-18(11-28-22(20)30-15(3)31-23)17-8-9-32(12-17)16(4)33/h4-8,13,21H,9-12H2,1-3H3,(H,28,29,30,31);5-8,10-11,14H,9,12H2,1-4H3,(H,28,29,30,31)/t13-;14-/m11/s1. The van der Waals surface area contributed by atoms with Gasteiger partial charge < -0.3 is 25.3 Å². The van der Waals surface area contributed by atoms with Crippen LogP contribution in [0.5, 0.6) is 0 Å². The molecule has 3 aliphatic heterocycles. The first-order valence-electron chi connectivity index (χ1n) is 21.7. The normalized spacial score (nSPS) is 16.3. The zero-order chi connectivity index (χ0) is 48.1. The quantitative estimate of drug-likeness (QED) is 0.134. The van der Waals surface area contributed by atoms with Crippen LogP contribution >= 0.6 is 0 Å². The van der Waals surface area contributed by atoms with E-state index in [-0.39, 0.29) is 28.4 Å². The van der Waals surface area contributed by atoms with Gasteiger partial charge in [0.15, 0.2) is 11.3 Å². The van der Waals surface area contributed by atoms with Crippen molar-refractivity contribution in [3.8, 4) is 0 Å². The number of aryl methyl sites for hydroxylation is 2. The van der Waals surface area contributed by atoms with Gasteiger partial charge in [-0.15, -0.1) is 0 Å². The number of halogens is 6. The highest BCUT2D eigenvalue weighted by molar-refractivity contribution is 5.91. The van der Waals surface area contributed by atoms with Gasteiger partial charge in [-0.25, -0.2) is 43.1 Å². The van der Waals surface area contributed by atoms with Gasteiger partial charge in [0.05, 0.1) is 45.9 Å². The van der Waals surface area contributed by atoms with Crippen LogP contribution < -0.4 is 15.5 Å². The number of hydrogen-bond acceptors (Lipinski definition) is 11. The van der Waals surface area contributed by atoms with E-state index >= 15 is 0 Å². The van der Waals surface area contributed by atoms with Crippen molar-refractivity contribution in [1.82, 2.24) is 39.7 Å². The number of hydrogen-bond donors (Lipinski definition) is 2. The van der Waals surface area contributed by atoms with E-state index in [0.717, 1.165) is 55.1 Å². The lowest BCUT2D eigenvalue weighted by atomic mass is 9.72. The van der Waals surface area contributed by atoms with E-state index in [0.29, 0.717) is 64.0 Å². The number of rotatable bonds is 9. The molecule has 0 saturated carbocycles. The van der Waals surface area contributed by atoms with E-state index in [4.69, 9.17) is 0 Å². The Kier molecular flexibility index (Phi) is 12.6. The second-order valence-electron chi connectivity index (χ2n) is 17.6. The summed E-state index contributed by atoms with van der Waals surface area (Å²) < 4.78 is 81.1. The molecule has 350 valence electrons. The number of carbonyl (C=O) groups excluding carboxylic acids is 2. The molecule has 6 aromatic rings. The number of anilines is 3. The number of benzene rings is 2. The Balaban J connectivity index is 0.000000182. The van der Waals surface area contributed by atoms with Gasteiger partial charge >= 0.3 is 6.18 Å². The van der Waals surface area contributed by atoms with Gasteiger partial charge in [-0.05, 0) is 75.1 Å². The minimum absolute atomic E-state index is 0.00148. The molecule has 0 unspecified atom stereocenters. The number of alkyl halides is 5. The third kappa shape index (κ3) is 9.54. The van der Waals surface area contributed by atoms with E-state index in [1.165, 1.54) is 32.0 Å². The second kappa shape index (κ2) is 18.0. The van der Waals surface area contributed by atoms with Crippen LogP contribution in [0, 0.1) is 32.0 Å². The van der Waals surface area contributed by atoms with E-state index < -0.39 is 41.6 Å². The van der Waals surface area contributed by atoms with Crippen molar-refractivity contribution >= 4 is 56.8 Å². The highest BCUT2D eigenvalue weighted by Gasteiger charge is 2.52. The fourth-order valence-corrected chi connectivity index (χ4v) is 9.00. The van der Waals surface area contributed by atoms with Crippen molar-refractivity contribution in [2.75, 3.05) is 54.8 Å². The van der Waals surface area contributed by atoms with Crippen molar-refractivity contribution in [2.45, 2.75) is 73.2 Å². The van der Waals surface area contributed by atoms with E-state index in [1.54, 1.807) is 58.0 Å². The molecule has 7 heterocycles. The molecule has 2 aromatic carbocycles. The number of likely N-dealkylation sites (tertiary alicyclic amines) is 1. The molecule has 2 fully saturated rings. The predicted molar refractivity (Wildman–Crippen MR) is 243 cm³/mol. The summed E-state index contributed by atoms with van der Waals surface area (Å²) in [6.07, 6.45) is -1.84. The molecule has 3 aliphatic rings. The molecular weight excluding hydrogens is 877 g/mol. The van der Waals surface area contributed by atoms with Gasteiger partial charge in [-0.2, -0.15) is 13.2 Å². The summed E-state index contributed by atoms with van der Waals surface area (Å²) in [5.41, 5.74) is 3.45. The number of nitrogens with zero attached hydrogens (tertiary/aromatic N) is 9. The van der Waals surface area contributed by atoms with Crippen molar-refractivity contribution in [3.63, 3.8) is 0 Å². The largest absolute Gasteiger partial charge is 0.416 e. The first kappa shape index (κ1) is 46.6. The van der Waals surface area contributed by atoms with Crippen molar-refractivity contribution in [3.05, 3.63) is 118 Å². The van der Waals surface area contributed by atoms with Gasteiger partial charge in [0.25, 0.3) is 6.43 Å². The van der Waals surface area contributed by atoms with Gasteiger partial charge in [0, 0.05) is 70.3 Å². The van der Waals surface area contributed by atoms with Crippen LogP contribution in [0.2, 0.25) is 0 Å². The summed E-state index contributed by atoms with van der Waals surface area (Å²) in [4.78, 5) is 55.7. The van der Waals surface area contributed by atoms with Crippen molar-refractivity contribution in [2.24, 2.45) is 5.41 Å². The first-order chi connectivity index (χ1) is 31.7. The van der Waals surface area contributed by atoms with E-state index in [2.05, 4.69) is 45.4 Å². The smallest absolute Gasteiger partial charge is 0.369 e. The van der Waals surface area contributed by atoms with Crippen LogP contribution in [0.15, 0.2) is 67.0 Å². The topological polar surface area (TPSA) is 145 Å². The summed E-state index contributed by atoms with van der Waals surface area (Å²) in [7, 11) is 0. The Labute approximate surface area is 382 Å². The Morgan fingerprint density at radius 1 is 0.731 bits per heavy atom. The molecule has 2 amide bonds. The zero-order valence-electron chi connectivity index (χ0n) is 37.9. The first-order valence-corrected chi connectivity index (χ1v) is 21.7. The van der Waals surface area contributed by atoms with Crippen LogP contribution in [0.1, 0.15) is 91.2 Å². The highest BCUT2D eigenvalue weighted by atomic mass is 19.4. The number of amides is 2. The fraction of sp³-hybridized carbons (Fsp3) is 0.375. The van der Waals surface area contributed by atoms with Gasteiger partial charge in [0.2, 0.25) is 11.8 Å². The summed E-state index contributed by atoms with van der Waals surface area (Å²) in [6, 6.07) is 11.0. The van der Waals surface area contributed by atoms with Crippen LogP contribution in [0.25, 0.3) is 27.6 Å². The van der Waals surface area contributed by atoms with Gasteiger partial charge in [-0.3, -0.25) is 9.59 Å². The zero-order valence-corrected chi connectivity index (χ0v) is 37.9. The Morgan fingerprint density at radius 2 is 1.28 bits per heavy atom. The molecule has 0 bridgehead atoms. The van der Waals surface area contributed by atoms with Gasteiger partial charge in [0.1, 0.15) is 29.1 Å². The SMILES string of the molecule is CC(=O)N1CC2(C1)CN(c1cnc3nc(C)nc(N[C@H](C)c4cccc(C(F)F)c4F)c3c1)C2.CC(=O)N1CC=C(c2cnc3nc(C)nc(N[C@H](C)c4cccc(C(F)(F)F)c4C)c3c2)C1. The van der Waals surface area contributed by atoms with E-state index in [1.807, 2.05) is 23.1 Å². The maximum Gasteiger partial charge on any atom is 0.416 e. The van der Waals surface area contributed by atoms with Crippen LogP contribution in [0.4, 0.5) is 43.7 Å². The predicted octanol–water partition coefficient (Wildman–Crippen LogP) is 9.33. The summed E-state index contributed by atoms with van der Waals surface area (Å²) in [6.45, 7) is 15.8. The summed E-state index contributed by atoms with van der Waals surface area (Å²) in [5, 5.41) is 7.76. The number of pyridine rings is 2. The minimum atomic E-state index is -4.42. The van der Waals surface area contributed by atoms with E-state index in [9.17, 15) is 35.9 Å². The van der Waals surface area contributed by atoms with Crippen LogP contribution in [-0.2, 0) is 15.8 Å². The molecule has 67 heavy (non-hydrogen) atoms. The van der Waals surface area contributed by atoms with Crippen molar-refractivity contribution in [1.29, 1.82) is 0 Å². The molecule has 13 nitrogen and oxygen atoms in total. The molecule has 19 heteroatoms. The second-order valence-corrected chi connectivity index (χ2v) is 17.6. The lowest BCUT2D eigenvalue weighted by Gasteiger charge is -2.60.